The van der Waals surface area contributed by atoms with Crippen molar-refractivity contribution in [3.05, 3.63) is 38.0 Å². The zero-order valence-electron chi connectivity index (χ0n) is 9.56. The molecule has 0 N–H and O–H groups in total. The summed E-state index contributed by atoms with van der Waals surface area (Å²) in [7, 11) is 0. The SMILES string of the molecule is Cc1cc(-c2csc(-c3ccsc3)n2)c(C)s1. The molecule has 17 heavy (non-hydrogen) atoms. The van der Waals surface area contributed by atoms with E-state index in [2.05, 4.69) is 42.1 Å². The average Bonchev–Trinajstić information content (AvgIpc) is 2.97. The number of rotatable bonds is 2. The lowest BCUT2D eigenvalue weighted by atomic mass is 10.2. The van der Waals surface area contributed by atoms with Crippen LogP contribution in [0.25, 0.3) is 21.8 Å². The number of hydrogen-bond acceptors (Lipinski definition) is 4. The molecule has 3 aromatic rings. The van der Waals surface area contributed by atoms with E-state index < -0.39 is 0 Å². The van der Waals surface area contributed by atoms with E-state index >= 15 is 0 Å². The summed E-state index contributed by atoms with van der Waals surface area (Å²) in [4.78, 5) is 7.43. The predicted octanol–water partition coefficient (Wildman–Crippen LogP) is 5.22. The Hall–Kier alpha value is -0.970. The number of aromatic nitrogens is 1. The highest BCUT2D eigenvalue weighted by atomic mass is 32.1. The van der Waals surface area contributed by atoms with E-state index in [1.54, 1.807) is 22.7 Å². The van der Waals surface area contributed by atoms with Gasteiger partial charge in [0, 0.05) is 31.6 Å². The molecule has 0 fully saturated rings. The van der Waals surface area contributed by atoms with Gasteiger partial charge >= 0.3 is 0 Å². The van der Waals surface area contributed by atoms with Gasteiger partial charge in [-0.2, -0.15) is 11.3 Å². The van der Waals surface area contributed by atoms with Gasteiger partial charge in [-0.25, -0.2) is 4.98 Å². The zero-order chi connectivity index (χ0) is 11.8. The molecule has 0 aliphatic heterocycles. The molecule has 0 atom stereocenters. The highest BCUT2D eigenvalue weighted by Crippen LogP contribution is 2.34. The van der Waals surface area contributed by atoms with Crippen molar-refractivity contribution >= 4 is 34.0 Å². The van der Waals surface area contributed by atoms with Crippen LogP contribution in [0.2, 0.25) is 0 Å². The number of thiazole rings is 1. The molecule has 4 heteroatoms. The highest BCUT2D eigenvalue weighted by molar-refractivity contribution is 7.14. The van der Waals surface area contributed by atoms with E-state index in [1.165, 1.54) is 20.9 Å². The fourth-order valence-electron chi connectivity index (χ4n) is 1.80. The monoisotopic (exact) mass is 277 g/mol. The lowest BCUT2D eigenvalue weighted by Crippen LogP contribution is -1.77. The lowest BCUT2D eigenvalue weighted by molar-refractivity contribution is 1.40. The average molecular weight is 277 g/mol. The van der Waals surface area contributed by atoms with Gasteiger partial charge in [-0.1, -0.05) is 0 Å². The van der Waals surface area contributed by atoms with Crippen LogP contribution in [-0.4, -0.2) is 4.98 Å². The zero-order valence-corrected chi connectivity index (χ0v) is 12.0. The topological polar surface area (TPSA) is 12.9 Å². The molecule has 0 bridgehead atoms. The van der Waals surface area contributed by atoms with Crippen LogP contribution in [0.3, 0.4) is 0 Å². The minimum Gasteiger partial charge on any atom is -0.236 e. The maximum atomic E-state index is 4.73. The Balaban J connectivity index is 2.03. The quantitative estimate of drug-likeness (QED) is 0.626. The summed E-state index contributed by atoms with van der Waals surface area (Å²) in [5.41, 5.74) is 3.62. The third kappa shape index (κ3) is 2.08. The highest BCUT2D eigenvalue weighted by Gasteiger charge is 2.10. The van der Waals surface area contributed by atoms with Crippen LogP contribution < -0.4 is 0 Å². The molecule has 0 radical (unpaired) electrons. The van der Waals surface area contributed by atoms with Gasteiger partial charge in [-0.3, -0.25) is 0 Å². The molecule has 0 saturated heterocycles. The first-order chi connectivity index (χ1) is 8.24. The first-order valence-corrected chi connectivity index (χ1v) is 7.93. The maximum absolute atomic E-state index is 4.73. The molecule has 0 unspecified atom stereocenters. The number of thiophene rings is 2. The second kappa shape index (κ2) is 4.37. The second-order valence-corrected chi connectivity index (χ2v) is 6.98. The molecule has 0 aliphatic carbocycles. The van der Waals surface area contributed by atoms with Crippen molar-refractivity contribution in [2.45, 2.75) is 13.8 Å². The second-order valence-electron chi connectivity index (χ2n) is 3.88. The molecule has 0 aromatic carbocycles. The smallest absolute Gasteiger partial charge is 0.124 e. The van der Waals surface area contributed by atoms with E-state index in [-0.39, 0.29) is 0 Å². The van der Waals surface area contributed by atoms with Crippen molar-refractivity contribution in [3.63, 3.8) is 0 Å². The summed E-state index contributed by atoms with van der Waals surface area (Å²) < 4.78 is 0. The summed E-state index contributed by atoms with van der Waals surface area (Å²) in [6, 6.07) is 4.35. The standard InChI is InChI=1S/C13H11NS3/c1-8-5-11(9(2)17-8)12-7-16-13(14-12)10-3-4-15-6-10/h3-7H,1-2H3. The van der Waals surface area contributed by atoms with Crippen molar-refractivity contribution in [1.82, 2.24) is 4.98 Å². The molecule has 3 aromatic heterocycles. The lowest BCUT2D eigenvalue weighted by Gasteiger charge is -1.93. The minimum atomic E-state index is 1.11. The van der Waals surface area contributed by atoms with E-state index in [0.29, 0.717) is 0 Å². The molecule has 3 heterocycles. The van der Waals surface area contributed by atoms with Crippen molar-refractivity contribution in [1.29, 1.82) is 0 Å². The summed E-state index contributed by atoms with van der Waals surface area (Å²) in [5.74, 6) is 0. The number of hydrogen-bond donors (Lipinski definition) is 0. The Bertz CT molecular complexity index is 631. The summed E-state index contributed by atoms with van der Waals surface area (Å²) >= 11 is 5.27. The van der Waals surface area contributed by atoms with Gasteiger partial charge in [0.15, 0.2) is 0 Å². The Morgan fingerprint density at radius 3 is 2.71 bits per heavy atom. The molecule has 0 aliphatic rings. The van der Waals surface area contributed by atoms with E-state index in [4.69, 9.17) is 4.98 Å². The molecular weight excluding hydrogens is 266 g/mol. The van der Waals surface area contributed by atoms with Crippen LogP contribution in [0, 0.1) is 13.8 Å². The summed E-state index contributed by atoms with van der Waals surface area (Å²) in [6.07, 6.45) is 0. The van der Waals surface area contributed by atoms with Crippen LogP contribution in [0.4, 0.5) is 0 Å². The molecule has 3 rings (SSSR count). The Morgan fingerprint density at radius 2 is 2.06 bits per heavy atom. The van der Waals surface area contributed by atoms with Gasteiger partial charge in [0.05, 0.1) is 5.69 Å². The summed E-state index contributed by atoms with van der Waals surface area (Å²) in [5, 5.41) is 7.51. The van der Waals surface area contributed by atoms with Gasteiger partial charge in [-0.15, -0.1) is 22.7 Å². The molecular formula is C13H11NS3. The third-order valence-corrected chi connectivity index (χ3v) is 5.13. The molecule has 0 amide bonds. The largest absolute Gasteiger partial charge is 0.236 e. The molecule has 0 saturated carbocycles. The first kappa shape index (κ1) is 11.1. The van der Waals surface area contributed by atoms with Gasteiger partial charge < -0.3 is 0 Å². The Kier molecular flexibility index (Phi) is 2.86. The minimum absolute atomic E-state index is 1.11. The van der Waals surface area contributed by atoms with Crippen molar-refractivity contribution in [2.24, 2.45) is 0 Å². The van der Waals surface area contributed by atoms with Crippen LogP contribution in [-0.2, 0) is 0 Å². The van der Waals surface area contributed by atoms with E-state index in [9.17, 15) is 0 Å². The van der Waals surface area contributed by atoms with Gasteiger partial charge in [0.25, 0.3) is 0 Å². The molecule has 1 nitrogen and oxygen atoms in total. The van der Waals surface area contributed by atoms with Crippen LogP contribution in [0.15, 0.2) is 28.3 Å². The van der Waals surface area contributed by atoms with Gasteiger partial charge in [0.2, 0.25) is 0 Å². The van der Waals surface area contributed by atoms with Crippen LogP contribution in [0.5, 0.6) is 0 Å². The Morgan fingerprint density at radius 1 is 1.18 bits per heavy atom. The first-order valence-electron chi connectivity index (χ1n) is 5.29. The van der Waals surface area contributed by atoms with E-state index in [1.807, 2.05) is 11.3 Å². The molecule has 0 spiro atoms. The van der Waals surface area contributed by atoms with Gasteiger partial charge in [0.1, 0.15) is 5.01 Å². The van der Waals surface area contributed by atoms with E-state index in [0.717, 1.165) is 10.7 Å². The predicted molar refractivity (Wildman–Crippen MR) is 78.2 cm³/mol. The van der Waals surface area contributed by atoms with Crippen molar-refractivity contribution < 1.29 is 0 Å². The van der Waals surface area contributed by atoms with Crippen molar-refractivity contribution in [3.8, 4) is 21.8 Å². The van der Waals surface area contributed by atoms with Crippen molar-refractivity contribution in [2.75, 3.05) is 0 Å². The fourth-order valence-corrected chi connectivity index (χ4v) is 4.27. The normalized spacial score (nSPS) is 10.9. The fraction of sp³-hybridized carbons (Fsp3) is 0.154. The number of aryl methyl sites for hydroxylation is 2. The number of nitrogens with zero attached hydrogens (tertiary/aromatic N) is 1. The van der Waals surface area contributed by atoms with Crippen LogP contribution in [0.1, 0.15) is 9.75 Å². The third-order valence-electron chi connectivity index (χ3n) is 2.59. The Labute approximate surface area is 112 Å². The van der Waals surface area contributed by atoms with Gasteiger partial charge in [-0.05, 0) is 31.4 Å². The summed E-state index contributed by atoms with van der Waals surface area (Å²) in [6.45, 7) is 4.31. The molecule has 86 valence electrons. The van der Waals surface area contributed by atoms with Crippen LogP contribution >= 0.6 is 34.0 Å². The maximum Gasteiger partial charge on any atom is 0.124 e.